The van der Waals surface area contributed by atoms with E-state index < -0.39 is 0 Å². The number of hydrogen-bond acceptors (Lipinski definition) is 2. The van der Waals surface area contributed by atoms with Gasteiger partial charge in [-0.15, -0.1) is 0 Å². The fraction of sp³-hybridized carbons (Fsp3) is 0. The molecular weight excluding hydrogens is 141 g/mol. The van der Waals surface area contributed by atoms with E-state index in [1.807, 2.05) is 0 Å². The molecule has 0 spiro atoms. The third-order valence-electron chi connectivity index (χ3n) is 0.893. The van der Waals surface area contributed by atoms with Crippen molar-refractivity contribution in [3.8, 4) is 5.75 Å². The first-order valence-corrected chi connectivity index (χ1v) is 2.33. The quantitative estimate of drug-likeness (QED) is 0.321. The second kappa shape index (κ2) is 4.30. The zero-order valence-electron chi connectivity index (χ0n) is 5.33. The Labute approximate surface area is 96.5 Å². The molecule has 0 bridgehead atoms. The molecule has 0 aliphatic heterocycles. The number of anilines is 1. The van der Waals surface area contributed by atoms with E-state index in [1.165, 1.54) is 0 Å². The fourth-order valence-electron chi connectivity index (χ4n) is 0.474. The molecule has 0 heterocycles. The van der Waals surface area contributed by atoms with Gasteiger partial charge in [-0.2, -0.15) is 0 Å². The minimum absolute atomic E-state index is 0. The summed E-state index contributed by atoms with van der Waals surface area (Å²) in [5.74, 6) is 0.249. The van der Waals surface area contributed by atoms with Crippen molar-refractivity contribution < 1.29 is 5.11 Å². The third-order valence-corrected chi connectivity index (χ3v) is 0.893. The van der Waals surface area contributed by atoms with Crippen LogP contribution in [0.2, 0.25) is 0 Å². The molecular formula is C6H7KNO. The second-order valence-electron chi connectivity index (χ2n) is 1.59. The van der Waals surface area contributed by atoms with Crippen molar-refractivity contribution in [2.24, 2.45) is 0 Å². The molecule has 3 N–H and O–H groups in total. The van der Waals surface area contributed by atoms with E-state index in [-0.39, 0.29) is 57.1 Å². The molecule has 43 valence electrons. The number of phenolic OH excluding ortho intramolecular Hbond substituents is 1. The topological polar surface area (TPSA) is 46.2 Å². The van der Waals surface area contributed by atoms with E-state index in [4.69, 9.17) is 10.8 Å². The minimum Gasteiger partial charge on any atom is -0.508 e. The van der Waals surface area contributed by atoms with Gasteiger partial charge in [0.25, 0.3) is 0 Å². The molecule has 0 fully saturated rings. The zero-order valence-corrected chi connectivity index (χ0v) is 8.46. The van der Waals surface area contributed by atoms with Crippen LogP contribution in [0.15, 0.2) is 24.3 Å². The van der Waals surface area contributed by atoms with Gasteiger partial charge in [0.05, 0.1) is 0 Å². The van der Waals surface area contributed by atoms with Crippen LogP contribution in [-0.4, -0.2) is 56.5 Å². The number of phenols is 1. The van der Waals surface area contributed by atoms with Crippen molar-refractivity contribution >= 4 is 57.1 Å². The van der Waals surface area contributed by atoms with Gasteiger partial charge in [-0.25, -0.2) is 0 Å². The first-order chi connectivity index (χ1) is 3.79. The van der Waals surface area contributed by atoms with Gasteiger partial charge < -0.3 is 10.8 Å². The molecule has 9 heavy (non-hydrogen) atoms. The van der Waals surface area contributed by atoms with Crippen LogP contribution < -0.4 is 5.73 Å². The van der Waals surface area contributed by atoms with Crippen molar-refractivity contribution in [3.63, 3.8) is 0 Å². The Bertz CT molecular complexity index is 152. The average Bonchev–Trinajstić information content (AvgIpc) is 1.77. The number of hydrogen-bond donors (Lipinski definition) is 2. The maximum atomic E-state index is 8.70. The summed E-state index contributed by atoms with van der Waals surface area (Å²) in [6.45, 7) is 0. The van der Waals surface area contributed by atoms with Gasteiger partial charge in [0, 0.05) is 57.1 Å². The number of nitrogens with two attached hydrogens (primary N) is 1. The summed E-state index contributed by atoms with van der Waals surface area (Å²) in [5, 5.41) is 8.70. The Kier molecular flexibility index (Phi) is 4.52. The predicted molar refractivity (Wildman–Crippen MR) is 38.3 cm³/mol. The molecule has 0 saturated heterocycles. The van der Waals surface area contributed by atoms with Crippen LogP contribution in [0.5, 0.6) is 5.75 Å². The van der Waals surface area contributed by atoms with E-state index in [9.17, 15) is 0 Å². The molecule has 0 aromatic heterocycles. The van der Waals surface area contributed by atoms with E-state index in [0.717, 1.165) is 0 Å². The van der Waals surface area contributed by atoms with Gasteiger partial charge in [-0.1, -0.05) is 0 Å². The van der Waals surface area contributed by atoms with Gasteiger partial charge in [-0.3, -0.25) is 0 Å². The monoisotopic (exact) mass is 148 g/mol. The van der Waals surface area contributed by atoms with Crippen LogP contribution >= 0.6 is 0 Å². The molecule has 3 heteroatoms. The molecule has 0 aliphatic rings. The Balaban J connectivity index is 0.000000640. The van der Waals surface area contributed by atoms with Crippen LogP contribution in [0.1, 0.15) is 0 Å². The number of nitrogen functional groups attached to an aromatic ring is 1. The predicted octanol–water partition coefficient (Wildman–Crippen LogP) is 0.594. The Morgan fingerprint density at radius 3 is 1.89 bits per heavy atom. The van der Waals surface area contributed by atoms with Crippen LogP contribution in [0.3, 0.4) is 0 Å². The molecule has 1 radical (unpaired) electrons. The molecule has 1 rings (SSSR count). The van der Waals surface area contributed by atoms with E-state index in [2.05, 4.69) is 0 Å². The number of rotatable bonds is 0. The van der Waals surface area contributed by atoms with Crippen LogP contribution in [0.4, 0.5) is 5.69 Å². The standard InChI is InChI=1S/C6H7NO.K/c7-5-1-3-6(8)4-2-5;/h1-4,8H,7H2;. The van der Waals surface area contributed by atoms with Gasteiger partial charge in [0.1, 0.15) is 5.75 Å². The summed E-state index contributed by atoms with van der Waals surface area (Å²) in [5.41, 5.74) is 5.98. The van der Waals surface area contributed by atoms with Gasteiger partial charge in [0.2, 0.25) is 0 Å². The molecule has 0 unspecified atom stereocenters. The Morgan fingerprint density at radius 1 is 1.11 bits per heavy atom. The van der Waals surface area contributed by atoms with Gasteiger partial charge in [0.15, 0.2) is 0 Å². The van der Waals surface area contributed by atoms with Crippen molar-refractivity contribution in [1.82, 2.24) is 0 Å². The molecule has 0 atom stereocenters. The minimum atomic E-state index is 0. The van der Waals surface area contributed by atoms with E-state index in [0.29, 0.717) is 5.69 Å². The van der Waals surface area contributed by atoms with Gasteiger partial charge >= 0.3 is 0 Å². The zero-order chi connectivity index (χ0) is 5.98. The summed E-state index contributed by atoms with van der Waals surface area (Å²) < 4.78 is 0. The average molecular weight is 148 g/mol. The van der Waals surface area contributed by atoms with Crippen molar-refractivity contribution in [2.45, 2.75) is 0 Å². The van der Waals surface area contributed by atoms with Gasteiger partial charge in [-0.05, 0) is 24.3 Å². The molecule has 0 amide bonds. The second-order valence-corrected chi connectivity index (χ2v) is 1.59. The first-order valence-electron chi connectivity index (χ1n) is 2.33. The summed E-state index contributed by atoms with van der Waals surface area (Å²) >= 11 is 0. The van der Waals surface area contributed by atoms with E-state index in [1.54, 1.807) is 24.3 Å². The molecule has 1 aromatic rings. The van der Waals surface area contributed by atoms with Crippen molar-refractivity contribution in [3.05, 3.63) is 24.3 Å². The summed E-state index contributed by atoms with van der Waals surface area (Å²) in [4.78, 5) is 0. The normalized spacial score (nSPS) is 8.00. The Morgan fingerprint density at radius 2 is 1.56 bits per heavy atom. The number of benzene rings is 1. The Hall–Kier alpha value is 0.456. The summed E-state index contributed by atoms with van der Waals surface area (Å²) in [6.07, 6.45) is 0. The van der Waals surface area contributed by atoms with Crippen LogP contribution in [0.25, 0.3) is 0 Å². The summed E-state index contributed by atoms with van der Waals surface area (Å²) in [7, 11) is 0. The SMILES string of the molecule is Nc1ccc(O)cc1.[K]. The van der Waals surface area contributed by atoms with Crippen molar-refractivity contribution in [1.29, 1.82) is 0 Å². The molecule has 0 saturated carbocycles. The third kappa shape index (κ3) is 3.22. The molecule has 1 aromatic carbocycles. The smallest absolute Gasteiger partial charge is 0.115 e. The number of aromatic hydroxyl groups is 1. The van der Waals surface area contributed by atoms with Crippen LogP contribution in [-0.2, 0) is 0 Å². The fourth-order valence-corrected chi connectivity index (χ4v) is 0.474. The van der Waals surface area contributed by atoms with E-state index >= 15 is 0 Å². The molecule has 0 aliphatic carbocycles. The maximum Gasteiger partial charge on any atom is 0.115 e. The first kappa shape index (κ1) is 9.46. The van der Waals surface area contributed by atoms with Crippen molar-refractivity contribution in [2.75, 3.05) is 5.73 Å². The van der Waals surface area contributed by atoms with Crippen LogP contribution in [0, 0.1) is 0 Å². The summed E-state index contributed by atoms with van der Waals surface area (Å²) in [6, 6.07) is 6.40. The maximum absolute atomic E-state index is 8.70. The largest absolute Gasteiger partial charge is 0.508 e. The molecule has 2 nitrogen and oxygen atoms in total.